The molecular formula is C19H23ClN2O2. The number of hydrogen-bond acceptors (Lipinski definition) is 3. The maximum atomic E-state index is 12.4. The molecule has 0 unspecified atom stereocenters. The highest BCUT2D eigenvalue weighted by atomic mass is 35.5. The van der Waals surface area contributed by atoms with Crippen LogP contribution >= 0.6 is 11.6 Å². The van der Waals surface area contributed by atoms with Gasteiger partial charge in [0.15, 0.2) is 0 Å². The smallest absolute Gasteiger partial charge is 0.241 e. The van der Waals surface area contributed by atoms with Gasteiger partial charge in [0.2, 0.25) is 5.91 Å². The highest BCUT2D eigenvalue weighted by molar-refractivity contribution is 6.30. The molecule has 0 saturated carbocycles. The fraction of sp³-hybridized carbons (Fsp3) is 0.316. The van der Waals surface area contributed by atoms with Crippen LogP contribution in [0.4, 0.5) is 5.69 Å². The van der Waals surface area contributed by atoms with Crippen molar-refractivity contribution in [2.75, 3.05) is 12.4 Å². The van der Waals surface area contributed by atoms with Crippen molar-refractivity contribution in [3.05, 3.63) is 59.1 Å². The molecule has 0 fully saturated rings. The second-order valence-electron chi connectivity index (χ2n) is 5.62. The number of methoxy groups -OCH3 is 1. The maximum absolute atomic E-state index is 12.4. The van der Waals surface area contributed by atoms with Crippen LogP contribution in [-0.4, -0.2) is 19.1 Å². The molecular weight excluding hydrogens is 324 g/mol. The summed E-state index contributed by atoms with van der Waals surface area (Å²) in [6, 6.07) is 14.8. The number of hydrogen-bond donors (Lipinski definition) is 2. The van der Waals surface area contributed by atoms with E-state index in [4.69, 9.17) is 16.3 Å². The Labute approximate surface area is 148 Å². The molecule has 2 aromatic carbocycles. The number of halogens is 1. The van der Waals surface area contributed by atoms with Gasteiger partial charge in [-0.1, -0.05) is 36.7 Å². The molecule has 0 bridgehead atoms. The Morgan fingerprint density at radius 2 is 1.92 bits per heavy atom. The highest BCUT2D eigenvalue weighted by Gasteiger charge is 2.18. The molecule has 0 spiro atoms. The van der Waals surface area contributed by atoms with Crippen molar-refractivity contribution in [1.82, 2.24) is 5.32 Å². The summed E-state index contributed by atoms with van der Waals surface area (Å²) in [5.41, 5.74) is 1.82. The summed E-state index contributed by atoms with van der Waals surface area (Å²) < 4.78 is 5.18. The van der Waals surface area contributed by atoms with Crippen LogP contribution in [0.2, 0.25) is 5.02 Å². The Hall–Kier alpha value is -2.04. The Bertz CT molecular complexity index is 673. The van der Waals surface area contributed by atoms with Crippen molar-refractivity contribution in [3.8, 4) is 5.75 Å². The van der Waals surface area contributed by atoms with Crippen molar-refractivity contribution in [2.24, 2.45) is 0 Å². The van der Waals surface area contributed by atoms with Crippen LogP contribution in [-0.2, 0) is 4.79 Å². The van der Waals surface area contributed by atoms with E-state index in [0.717, 1.165) is 17.7 Å². The van der Waals surface area contributed by atoms with Crippen molar-refractivity contribution in [1.29, 1.82) is 0 Å². The lowest BCUT2D eigenvalue weighted by Crippen LogP contribution is -2.40. The van der Waals surface area contributed by atoms with Crippen LogP contribution in [0.15, 0.2) is 48.5 Å². The quantitative estimate of drug-likeness (QED) is 0.780. The molecule has 1 amide bonds. The van der Waals surface area contributed by atoms with E-state index >= 15 is 0 Å². The third kappa shape index (κ3) is 4.98. The predicted octanol–water partition coefficient (Wildman–Crippen LogP) is 4.42. The Morgan fingerprint density at radius 3 is 2.50 bits per heavy atom. The van der Waals surface area contributed by atoms with Crippen LogP contribution in [0.25, 0.3) is 0 Å². The molecule has 2 N–H and O–H groups in total. The minimum atomic E-state index is -0.337. The van der Waals surface area contributed by atoms with Crippen LogP contribution in [0, 0.1) is 0 Å². The van der Waals surface area contributed by atoms with Gasteiger partial charge in [0.1, 0.15) is 5.75 Å². The minimum absolute atomic E-state index is 0.0933. The van der Waals surface area contributed by atoms with Crippen LogP contribution in [0.3, 0.4) is 0 Å². The Morgan fingerprint density at radius 1 is 1.21 bits per heavy atom. The molecule has 0 saturated heterocycles. The van der Waals surface area contributed by atoms with E-state index in [0.29, 0.717) is 10.7 Å². The topological polar surface area (TPSA) is 50.4 Å². The fourth-order valence-corrected chi connectivity index (χ4v) is 2.67. The summed E-state index contributed by atoms with van der Waals surface area (Å²) in [6.07, 6.45) is 0.876. The molecule has 0 aliphatic rings. The number of rotatable bonds is 7. The number of amides is 1. The number of anilines is 1. The summed E-state index contributed by atoms with van der Waals surface area (Å²) in [7, 11) is 1.65. The number of nitrogens with one attached hydrogen (secondary N) is 2. The monoisotopic (exact) mass is 346 g/mol. The van der Waals surface area contributed by atoms with E-state index in [1.807, 2.05) is 43.3 Å². The zero-order valence-corrected chi connectivity index (χ0v) is 14.9. The average molecular weight is 347 g/mol. The first-order chi connectivity index (χ1) is 11.5. The molecule has 24 heavy (non-hydrogen) atoms. The molecule has 2 atom stereocenters. The van der Waals surface area contributed by atoms with Gasteiger partial charge in [0.05, 0.1) is 13.2 Å². The standard InChI is InChI=1S/C19H23ClN2O2/c1-4-18(14-8-10-17(24-3)11-9-14)21-13(2)19(23)22-16-7-5-6-15(20)12-16/h5-13,18,21H,4H2,1-3H3,(H,22,23)/t13-,18-/m0/s1. The first-order valence-corrected chi connectivity index (χ1v) is 8.37. The van der Waals surface area contributed by atoms with Gasteiger partial charge in [-0.2, -0.15) is 0 Å². The van der Waals surface area contributed by atoms with E-state index in [2.05, 4.69) is 17.6 Å². The van der Waals surface area contributed by atoms with Gasteiger partial charge in [0.25, 0.3) is 0 Å². The second-order valence-corrected chi connectivity index (χ2v) is 6.06. The van der Waals surface area contributed by atoms with Gasteiger partial charge in [-0.25, -0.2) is 0 Å². The molecule has 5 heteroatoms. The molecule has 0 radical (unpaired) electrons. The predicted molar refractivity (Wildman–Crippen MR) is 98.7 cm³/mol. The molecule has 2 aromatic rings. The Kier molecular flexibility index (Phi) is 6.64. The lowest BCUT2D eigenvalue weighted by atomic mass is 10.0. The van der Waals surface area contributed by atoms with Crippen molar-refractivity contribution in [2.45, 2.75) is 32.4 Å². The van der Waals surface area contributed by atoms with Gasteiger partial charge in [-0.15, -0.1) is 0 Å². The zero-order chi connectivity index (χ0) is 17.5. The lowest BCUT2D eigenvalue weighted by Gasteiger charge is -2.22. The normalized spacial score (nSPS) is 13.2. The van der Waals surface area contributed by atoms with Crippen molar-refractivity contribution >= 4 is 23.2 Å². The van der Waals surface area contributed by atoms with E-state index in [-0.39, 0.29) is 18.0 Å². The number of carbonyl (C=O) groups is 1. The molecule has 128 valence electrons. The van der Waals surface area contributed by atoms with Gasteiger partial charge >= 0.3 is 0 Å². The zero-order valence-electron chi connectivity index (χ0n) is 14.2. The summed E-state index contributed by atoms with van der Waals surface area (Å²) in [4.78, 5) is 12.4. The van der Waals surface area contributed by atoms with Crippen LogP contribution in [0.5, 0.6) is 5.75 Å². The minimum Gasteiger partial charge on any atom is -0.497 e. The first-order valence-electron chi connectivity index (χ1n) is 8.00. The summed E-state index contributed by atoms with van der Waals surface area (Å²) in [6.45, 7) is 3.94. The first kappa shape index (κ1) is 18.3. The molecule has 0 heterocycles. The van der Waals surface area contributed by atoms with Crippen LogP contribution < -0.4 is 15.4 Å². The van der Waals surface area contributed by atoms with Crippen molar-refractivity contribution in [3.63, 3.8) is 0 Å². The summed E-state index contributed by atoms with van der Waals surface area (Å²) in [5.74, 6) is 0.726. The second kappa shape index (κ2) is 8.71. The maximum Gasteiger partial charge on any atom is 0.241 e. The lowest BCUT2D eigenvalue weighted by molar-refractivity contribution is -0.118. The van der Waals surface area contributed by atoms with Gasteiger partial charge in [-0.3, -0.25) is 10.1 Å². The SMILES string of the molecule is CC[C@H](N[C@@H](C)C(=O)Nc1cccc(Cl)c1)c1ccc(OC)cc1. The molecule has 2 rings (SSSR count). The van der Waals surface area contributed by atoms with Gasteiger partial charge in [0, 0.05) is 16.8 Å². The molecule has 0 aliphatic heterocycles. The van der Waals surface area contributed by atoms with Gasteiger partial charge in [-0.05, 0) is 49.2 Å². The van der Waals surface area contributed by atoms with E-state index in [1.165, 1.54) is 0 Å². The number of carbonyl (C=O) groups excluding carboxylic acids is 1. The number of benzene rings is 2. The summed E-state index contributed by atoms with van der Waals surface area (Å²) >= 11 is 5.94. The largest absolute Gasteiger partial charge is 0.497 e. The van der Waals surface area contributed by atoms with E-state index < -0.39 is 0 Å². The molecule has 4 nitrogen and oxygen atoms in total. The highest BCUT2D eigenvalue weighted by Crippen LogP contribution is 2.21. The third-order valence-corrected chi connectivity index (χ3v) is 4.10. The van der Waals surface area contributed by atoms with Crippen LogP contribution in [0.1, 0.15) is 31.9 Å². The fourth-order valence-electron chi connectivity index (χ4n) is 2.48. The molecule has 0 aromatic heterocycles. The third-order valence-electron chi connectivity index (χ3n) is 3.86. The molecule has 0 aliphatic carbocycles. The van der Waals surface area contributed by atoms with Gasteiger partial charge < -0.3 is 10.1 Å². The van der Waals surface area contributed by atoms with Crippen molar-refractivity contribution < 1.29 is 9.53 Å². The van der Waals surface area contributed by atoms with E-state index in [9.17, 15) is 4.79 Å². The average Bonchev–Trinajstić information content (AvgIpc) is 2.59. The van der Waals surface area contributed by atoms with E-state index in [1.54, 1.807) is 19.2 Å². The Balaban J connectivity index is 1.99. The summed E-state index contributed by atoms with van der Waals surface area (Å²) in [5, 5.41) is 6.84. The number of ether oxygens (including phenoxy) is 1.